The molecule has 0 spiro atoms. The third-order valence-corrected chi connectivity index (χ3v) is 8.06. The van der Waals surface area contributed by atoms with E-state index < -0.39 is 0 Å². The third-order valence-electron chi connectivity index (χ3n) is 6.84. The van der Waals surface area contributed by atoms with Gasteiger partial charge in [-0.25, -0.2) is 0 Å². The van der Waals surface area contributed by atoms with Gasteiger partial charge in [0.05, 0.1) is 5.69 Å². The second-order valence-electron chi connectivity index (χ2n) is 8.37. The first-order valence-electron chi connectivity index (χ1n) is 10.5. The molecule has 2 atom stereocenters. The molecule has 3 aliphatic rings. The highest BCUT2D eigenvalue weighted by atomic mass is 32.1. The third kappa shape index (κ3) is 2.83. The van der Waals surface area contributed by atoms with Crippen LogP contribution in [0.2, 0.25) is 0 Å². The van der Waals surface area contributed by atoms with Gasteiger partial charge >= 0.3 is 0 Å². The molecule has 2 aromatic heterocycles. The molecule has 0 amide bonds. The molecule has 4 aromatic rings. The molecule has 3 aliphatic heterocycles. The standard InChI is InChI=1S/C24H24N4S/c1-15-23(16-11-13-28(15)14-12-16)25-22-10-9-20(26-27-22)19-7-4-6-18-17-5-2-3-8-21(17)29-24(18)19/h2-10,15-16,23H,11-14H2,1H3,(H,25,27). The molecule has 0 saturated carbocycles. The summed E-state index contributed by atoms with van der Waals surface area (Å²) in [4.78, 5) is 2.60. The topological polar surface area (TPSA) is 41.1 Å². The van der Waals surface area contributed by atoms with E-state index in [1.54, 1.807) is 0 Å². The van der Waals surface area contributed by atoms with Crippen LogP contribution in [0.5, 0.6) is 0 Å². The summed E-state index contributed by atoms with van der Waals surface area (Å²) in [5, 5.41) is 15.5. The summed E-state index contributed by atoms with van der Waals surface area (Å²) in [6, 6.07) is 20.3. The Bertz CT molecular complexity index is 1170. The Labute approximate surface area is 174 Å². The van der Waals surface area contributed by atoms with E-state index in [2.05, 4.69) is 81.9 Å². The first kappa shape index (κ1) is 17.4. The number of benzene rings is 2. The Kier molecular flexibility index (Phi) is 4.06. The zero-order chi connectivity index (χ0) is 19.4. The number of piperidine rings is 3. The minimum absolute atomic E-state index is 0.476. The normalized spacial score (nSPS) is 26.2. The Hall–Kier alpha value is -2.50. The second-order valence-corrected chi connectivity index (χ2v) is 9.42. The molecule has 3 fully saturated rings. The molecule has 3 saturated heterocycles. The van der Waals surface area contributed by atoms with Gasteiger partial charge in [0, 0.05) is 37.8 Å². The van der Waals surface area contributed by atoms with Crippen molar-refractivity contribution in [2.24, 2.45) is 5.92 Å². The predicted octanol–water partition coefficient (Wildman–Crippen LogP) is 5.41. The number of nitrogens with one attached hydrogen (secondary N) is 1. The number of thiophene rings is 1. The zero-order valence-corrected chi connectivity index (χ0v) is 17.3. The number of hydrogen-bond acceptors (Lipinski definition) is 5. The fraction of sp³-hybridized carbons (Fsp3) is 0.333. The van der Waals surface area contributed by atoms with E-state index >= 15 is 0 Å². The Morgan fingerprint density at radius 2 is 1.76 bits per heavy atom. The number of anilines is 1. The van der Waals surface area contributed by atoms with Gasteiger partial charge < -0.3 is 5.32 Å². The van der Waals surface area contributed by atoms with E-state index in [1.165, 1.54) is 51.7 Å². The minimum Gasteiger partial charge on any atom is -0.364 e. The van der Waals surface area contributed by atoms with E-state index in [0.717, 1.165) is 17.4 Å². The summed E-state index contributed by atoms with van der Waals surface area (Å²) in [5.41, 5.74) is 2.11. The van der Waals surface area contributed by atoms with Gasteiger partial charge in [-0.1, -0.05) is 36.4 Å². The lowest BCUT2D eigenvalue weighted by Crippen LogP contribution is -2.59. The van der Waals surface area contributed by atoms with Crippen LogP contribution in [0.25, 0.3) is 31.4 Å². The molecule has 146 valence electrons. The van der Waals surface area contributed by atoms with E-state index in [9.17, 15) is 0 Å². The maximum Gasteiger partial charge on any atom is 0.148 e. The Balaban J connectivity index is 1.32. The molecule has 0 radical (unpaired) electrons. The van der Waals surface area contributed by atoms with Crippen LogP contribution in [-0.4, -0.2) is 40.3 Å². The molecular weight excluding hydrogens is 376 g/mol. The number of fused-ring (bicyclic) bond motifs is 6. The number of hydrogen-bond donors (Lipinski definition) is 1. The fourth-order valence-corrected chi connectivity index (χ4v) is 6.44. The lowest BCUT2D eigenvalue weighted by Gasteiger charge is -2.50. The monoisotopic (exact) mass is 400 g/mol. The van der Waals surface area contributed by atoms with Crippen LogP contribution in [0.1, 0.15) is 19.8 Å². The van der Waals surface area contributed by atoms with Gasteiger partial charge in [0.1, 0.15) is 5.82 Å². The largest absolute Gasteiger partial charge is 0.364 e. The van der Waals surface area contributed by atoms with Crippen LogP contribution in [0.4, 0.5) is 5.82 Å². The van der Waals surface area contributed by atoms with Gasteiger partial charge in [0.25, 0.3) is 0 Å². The van der Waals surface area contributed by atoms with Crippen molar-refractivity contribution >= 4 is 37.3 Å². The minimum atomic E-state index is 0.476. The van der Waals surface area contributed by atoms with Gasteiger partial charge in [0.2, 0.25) is 0 Å². The summed E-state index contributed by atoms with van der Waals surface area (Å²) in [5.74, 6) is 1.65. The lowest BCUT2D eigenvalue weighted by atomic mass is 9.79. The lowest BCUT2D eigenvalue weighted by molar-refractivity contribution is 0.0457. The van der Waals surface area contributed by atoms with Crippen molar-refractivity contribution in [2.45, 2.75) is 31.8 Å². The van der Waals surface area contributed by atoms with Gasteiger partial charge in [-0.3, -0.25) is 4.90 Å². The molecule has 5 heterocycles. The molecule has 1 N–H and O–H groups in total. The van der Waals surface area contributed by atoms with Crippen LogP contribution in [0, 0.1) is 5.92 Å². The molecule has 4 nitrogen and oxygen atoms in total. The van der Waals surface area contributed by atoms with Crippen molar-refractivity contribution in [2.75, 3.05) is 18.4 Å². The summed E-state index contributed by atoms with van der Waals surface area (Å²) >= 11 is 1.84. The summed E-state index contributed by atoms with van der Waals surface area (Å²) in [6.45, 7) is 4.83. The van der Waals surface area contributed by atoms with Crippen LogP contribution in [-0.2, 0) is 0 Å². The van der Waals surface area contributed by atoms with Crippen molar-refractivity contribution in [3.05, 3.63) is 54.6 Å². The molecular formula is C24H24N4S. The summed E-state index contributed by atoms with van der Waals surface area (Å²) < 4.78 is 2.60. The molecule has 7 rings (SSSR count). The molecule has 29 heavy (non-hydrogen) atoms. The second kappa shape index (κ2) is 6.78. The van der Waals surface area contributed by atoms with Gasteiger partial charge in [-0.15, -0.1) is 21.5 Å². The van der Waals surface area contributed by atoms with E-state index in [1.807, 2.05) is 11.3 Å². The van der Waals surface area contributed by atoms with Crippen LogP contribution in [0.15, 0.2) is 54.6 Å². The highest BCUT2D eigenvalue weighted by Crippen LogP contribution is 2.39. The SMILES string of the molecule is CC1C(Nc2ccc(-c3cccc4c3sc3ccccc34)nn2)C2CCN1CC2. The molecule has 2 bridgehead atoms. The quantitative estimate of drug-likeness (QED) is 0.499. The van der Waals surface area contributed by atoms with Crippen molar-refractivity contribution in [3.63, 3.8) is 0 Å². The van der Waals surface area contributed by atoms with Crippen molar-refractivity contribution < 1.29 is 0 Å². The number of aromatic nitrogens is 2. The van der Waals surface area contributed by atoms with Crippen LogP contribution >= 0.6 is 11.3 Å². The maximum atomic E-state index is 4.60. The predicted molar refractivity (Wildman–Crippen MR) is 122 cm³/mol. The highest BCUT2D eigenvalue weighted by molar-refractivity contribution is 7.26. The van der Waals surface area contributed by atoms with Gasteiger partial charge in [0.15, 0.2) is 0 Å². The first-order valence-corrected chi connectivity index (χ1v) is 11.3. The Morgan fingerprint density at radius 1 is 0.931 bits per heavy atom. The fourth-order valence-electron chi connectivity index (χ4n) is 5.22. The molecule has 2 aromatic carbocycles. The van der Waals surface area contributed by atoms with Crippen molar-refractivity contribution in [3.8, 4) is 11.3 Å². The van der Waals surface area contributed by atoms with E-state index in [0.29, 0.717) is 12.1 Å². The average molecular weight is 401 g/mol. The maximum absolute atomic E-state index is 4.60. The number of rotatable bonds is 3. The zero-order valence-electron chi connectivity index (χ0n) is 16.5. The van der Waals surface area contributed by atoms with Gasteiger partial charge in [-0.05, 0) is 57.0 Å². The smallest absolute Gasteiger partial charge is 0.148 e. The van der Waals surface area contributed by atoms with E-state index in [4.69, 9.17) is 0 Å². The first-order chi connectivity index (χ1) is 14.3. The summed E-state index contributed by atoms with van der Waals surface area (Å²) in [7, 11) is 0. The average Bonchev–Trinajstić information content (AvgIpc) is 3.16. The van der Waals surface area contributed by atoms with Crippen molar-refractivity contribution in [1.29, 1.82) is 0 Å². The van der Waals surface area contributed by atoms with Gasteiger partial charge in [-0.2, -0.15) is 0 Å². The summed E-state index contributed by atoms with van der Waals surface area (Å²) in [6.07, 6.45) is 2.59. The van der Waals surface area contributed by atoms with E-state index in [-0.39, 0.29) is 0 Å². The highest BCUT2D eigenvalue weighted by Gasteiger charge is 2.39. The molecule has 2 unspecified atom stereocenters. The number of nitrogens with zero attached hydrogens (tertiary/aromatic N) is 3. The van der Waals surface area contributed by atoms with Crippen LogP contribution in [0.3, 0.4) is 0 Å². The van der Waals surface area contributed by atoms with Crippen LogP contribution < -0.4 is 5.32 Å². The van der Waals surface area contributed by atoms with Crippen molar-refractivity contribution in [1.82, 2.24) is 15.1 Å². The molecule has 5 heteroatoms. The Morgan fingerprint density at radius 3 is 2.55 bits per heavy atom. The molecule has 0 aliphatic carbocycles.